The van der Waals surface area contributed by atoms with Gasteiger partial charge < -0.3 is 15.0 Å². The van der Waals surface area contributed by atoms with Crippen LogP contribution in [-0.2, 0) is 9.59 Å². The van der Waals surface area contributed by atoms with Gasteiger partial charge in [-0.15, -0.1) is 0 Å². The molecule has 1 saturated heterocycles. The van der Waals surface area contributed by atoms with Crippen LogP contribution in [0.2, 0.25) is 5.02 Å². The van der Waals surface area contributed by atoms with Crippen molar-refractivity contribution in [2.45, 2.75) is 32.2 Å². The molecule has 0 saturated carbocycles. The highest BCUT2D eigenvalue weighted by Crippen LogP contribution is 2.31. The van der Waals surface area contributed by atoms with Crippen LogP contribution in [0.1, 0.15) is 26.7 Å². The van der Waals surface area contributed by atoms with Crippen molar-refractivity contribution in [3.63, 3.8) is 0 Å². The monoisotopic (exact) mass is 310 g/mol. The molecule has 21 heavy (non-hydrogen) atoms. The molecule has 2 rings (SSSR count). The lowest BCUT2D eigenvalue weighted by Gasteiger charge is -2.31. The Morgan fingerprint density at radius 2 is 2.14 bits per heavy atom. The van der Waals surface area contributed by atoms with Gasteiger partial charge in [-0.2, -0.15) is 0 Å². The van der Waals surface area contributed by atoms with Crippen LogP contribution in [0, 0.1) is 0 Å². The number of nitrogens with zero attached hydrogens (tertiary/aromatic N) is 1. The number of rotatable bonds is 3. The van der Waals surface area contributed by atoms with Crippen LogP contribution in [0.5, 0.6) is 5.75 Å². The number of carbonyl (C=O) groups is 2. The van der Waals surface area contributed by atoms with E-state index in [4.69, 9.17) is 16.3 Å². The molecule has 1 aliphatic rings. The summed E-state index contributed by atoms with van der Waals surface area (Å²) >= 11 is 6.13. The minimum absolute atomic E-state index is 0.116. The van der Waals surface area contributed by atoms with Gasteiger partial charge in [0.05, 0.1) is 12.1 Å². The first-order valence-electron chi connectivity index (χ1n) is 6.88. The van der Waals surface area contributed by atoms with Crippen LogP contribution in [0.25, 0.3) is 0 Å². The number of amides is 2. The third-order valence-corrected chi connectivity index (χ3v) is 4.14. The molecule has 0 radical (unpaired) electrons. The maximum absolute atomic E-state index is 12.7. The molecule has 114 valence electrons. The second kappa shape index (κ2) is 5.93. The number of anilines is 1. The number of carbonyl (C=O) groups excluding carboxylic acids is 2. The highest BCUT2D eigenvalue weighted by atomic mass is 35.5. The summed E-state index contributed by atoms with van der Waals surface area (Å²) in [7, 11) is 1.54. The Kier molecular flexibility index (Phi) is 4.42. The third kappa shape index (κ3) is 2.97. The number of ether oxygens (including phenoxy) is 1. The van der Waals surface area contributed by atoms with E-state index in [-0.39, 0.29) is 18.2 Å². The first-order chi connectivity index (χ1) is 9.91. The van der Waals surface area contributed by atoms with Gasteiger partial charge in [0.1, 0.15) is 11.3 Å². The van der Waals surface area contributed by atoms with Crippen molar-refractivity contribution in [2.75, 3.05) is 18.6 Å². The molecule has 1 aromatic rings. The second-order valence-corrected chi connectivity index (χ2v) is 5.67. The predicted octanol–water partition coefficient (Wildman–Crippen LogP) is 2.37. The van der Waals surface area contributed by atoms with E-state index in [1.807, 2.05) is 6.92 Å². The average Bonchev–Trinajstić information content (AvgIpc) is 2.57. The fraction of sp³-hybridized carbons (Fsp3) is 0.467. The summed E-state index contributed by atoms with van der Waals surface area (Å²) in [5, 5.41) is 3.24. The van der Waals surface area contributed by atoms with Gasteiger partial charge in [0, 0.05) is 18.7 Å². The molecule has 1 heterocycles. The van der Waals surface area contributed by atoms with E-state index in [2.05, 4.69) is 5.32 Å². The van der Waals surface area contributed by atoms with Crippen molar-refractivity contribution in [3.05, 3.63) is 23.2 Å². The van der Waals surface area contributed by atoms with Gasteiger partial charge in [-0.25, -0.2) is 0 Å². The number of halogens is 1. The molecule has 1 aromatic carbocycles. The van der Waals surface area contributed by atoms with Gasteiger partial charge in [-0.1, -0.05) is 18.5 Å². The van der Waals surface area contributed by atoms with E-state index in [1.54, 1.807) is 30.0 Å². The summed E-state index contributed by atoms with van der Waals surface area (Å²) in [4.78, 5) is 26.2. The van der Waals surface area contributed by atoms with Crippen LogP contribution >= 0.6 is 11.6 Å². The molecule has 6 heteroatoms. The molecule has 0 spiro atoms. The van der Waals surface area contributed by atoms with Gasteiger partial charge >= 0.3 is 0 Å². The Hall–Kier alpha value is -1.75. The molecule has 0 aliphatic carbocycles. The lowest BCUT2D eigenvalue weighted by Crippen LogP contribution is -2.54. The molecule has 1 atom stereocenters. The maximum Gasteiger partial charge on any atom is 0.252 e. The smallest absolute Gasteiger partial charge is 0.252 e. The van der Waals surface area contributed by atoms with Gasteiger partial charge in [0.25, 0.3) is 5.91 Å². The summed E-state index contributed by atoms with van der Waals surface area (Å²) in [5.74, 6) is 0.307. The Labute approximate surface area is 129 Å². The molecule has 1 aliphatic heterocycles. The predicted molar refractivity (Wildman–Crippen MR) is 81.8 cm³/mol. The summed E-state index contributed by atoms with van der Waals surface area (Å²) in [6.45, 7) is 3.96. The number of methoxy groups -OCH3 is 1. The average molecular weight is 311 g/mol. The van der Waals surface area contributed by atoms with Crippen molar-refractivity contribution in [1.82, 2.24) is 5.32 Å². The first-order valence-corrected chi connectivity index (χ1v) is 7.25. The van der Waals surface area contributed by atoms with E-state index in [0.29, 0.717) is 29.4 Å². The van der Waals surface area contributed by atoms with E-state index in [1.165, 1.54) is 7.11 Å². The number of hydrogen-bond donors (Lipinski definition) is 1. The fourth-order valence-electron chi connectivity index (χ4n) is 2.35. The third-order valence-electron chi connectivity index (χ3n) is 3.85. The van der Waals surface area contributed by atoms with Crippen molar-refractivity contribution >= 4 is 29.1 Å². The summed E-state index contributed by atoms with van der Waals surface area (Å²) in [6, 6.07) is 5.17. The zero-order valence-electron chi connectivity index (χ0n) is 12.4. The summed E-state index contributed by atoms with van der Waals surface area (Å²) < 4.78 is 5.12. The van der Waals surface area contributed by atoms with Crippen molar-refractivity contribution in [1.29, 1.82) is 0 Å². The zero-order chi connectivity index (χ0) is 15.6. The highest BCUT2D eigenvalue weighted by Gasteiger charge is 2.39. The number of nitrogens with one attached hydrogen (secondary N) is 1. The Bertz CT molecular complexity index is 576. The first kappa shape index (κ1) is 15.6. The van der Waals surface area contributed by atoms with Crippen LogP contribution in [-0.4, -0.2) is 31.0 Å². The molecule has 0 aromatic heterocycles. The van der Waals surface area contributed by atoms with Crippen LogP contribution in [0.3, 0.4) is 0 Å². The topological polar surface area (TPSA) is 58.6 Å². The second-order valence-electron chi connectivity index (χ2n) is 5.26. The molecule has 1 unspecified atom stereocenters. The van der Waals surface area contributed by atoms with Gasteiger partial charge in [-0.3, -0.25) is 9.59 Å². The van der Waals surface area contributed by atoms with Crippen LogP contribution < -0.4 is 15.0 Å². The quantitative estimate of drug-likeness (QED) is 0.932. The number of benzene rings is 1. The standard InChI is InChI=1S/C15H19ClN2O3/c1-4-15(2)14(20)18(8-7-13(19)17-15)10-5-6-12(21-3)11(16)9-10/h5-6,9H,4,7-8H2,1-3H3,(H,17,19). The zero-order valence-corrected chi connectivity index (χ0v) is 13.2. The van der Waals surface area contributed by atoms with E-state index < -0.39 is 5.54 Å². The van der Waals surface area contributed by atoms with Crippen LogP contribution in [0.4, 0.5) is 5.69 Å². The van der Waals surface area contributed by atoms with Crippen molar-refractivity contribution in [3.8, 4) is 5.75 Å². The van der Waals surface area contributed by atoms with E-state index >= 15 is 0 Å². The molecular formula is C15H19ClN2O3. The molecule has 5 nitrogen and oxygen atoms in total. The number of hydrogen-bond acceptors (Lipinski definition) is 3. The summed E-state index contributed by atoms with van der Waals surface area (Å²) in [5.41, 5.74) is -0.220. The largest absolute Gasteiger partial charge is 0.495 e. The normalized spacial score (nSPS) is 22.8. The maximum atomic E-state index is 12.7. The van der Waals surface area contributed by atoms with Crippen molar-refractivity contribution in [2.24, 2.45) is 0 Å². The Balaban J connectivity index is 2.39. The molecule has 2 amide bonds. The van der Waals surface area contributed by atoms with E-state index in [0.717, 1.165) is 0 Å². The molecular weight excluding hydrogens is 292 g/mol. The summed E-state index contributed by atoms with van der Waals surface area (Å²) in [6.07, 6.45) is 0.795. The van der Waals surface area contributed by atoms with Gasteiger partial charge in [-0.05, 0) is 31.5 Å². The lowest BCUT2D eigenvalue weighted by atomic mass is 9.97. The molecule has 1 N–H and O–H groups in total. The Morgan fingerprint density at radius 1 is 1.43 bits per heavy atom. The van der Waals surface area contributed by atoms with Crippen LogP contribution in [0.15, 0.2) is 18.2 Å². The highest BCUT2D eigenvalue weighted by molar-refractivity contribution is 6.32. The van der Waals surface area contributed by atoms with Gasteiger partial charge in [0.15, 0.2) is 0 Å². The minimum Gasteiger partial charge on any atom is -0.495 e. The Morgan fingerprint density at radius 3 is 2.71 bits per heavy atom. The van der Waals surface area contributed by atoms with E-state index in [9.17, 15) is 9.59 Å². The SMILES string of the molecule is CCC1(C)NC(=O)CCN(c2ccc(OC)c(Cl)c2)C1=O. The lowest BCUT2D eigenvalue weighted by molar-refractivity contribution is -0.129. The molecule has 0 bridgehead atoms. The minimum atomic E-state index is -0.889. The fourth-order valence-corrected chi connectivity index (χ4v) is 2.60. The van der Waals surface area contributed by atoms with Crippen molar-refractivity contribution < 1.29 is 14.3 Å². The van der Waals surface area contributed by atoms with Gasteiger partial charge in [0.2, 0.25) is 5.91 Å². The molecule has 1 fully saturated rings.